The van der Waals surface area contributed by atoms with Crippen LogP contribution in [0.4, 0.5) is 0 Å². The van der Waals surface area contributed by atoms with Crippen LogP contribution >= 0.6 is 15.2 Å². The van der Waals surface area contributed by atoms with Gasteiger partial charge in [-0.25, -0.2) is 0 Å². The van der Waals surface area contributed by atoms with E-state index in [-0.39, 0.29) is 5.75 Å². The topological polar surface area (TPSA) is 133 Å². The predicted octanol–water partition coefficient (Wildman–Crippen LogP) is -1.70. The first-order valence-corrected chi connectivity index (χ1v) is 8.64. The number of benzene rings is 1. The van der Waals surface area contributed by atoms with Crippen molar-refractivity contribution in [3.05, 3.63) is 30.3 Å². The molecule has 0 aromatic heterocycles. The van der Waals surface area contributed by atoms with Crippen molar-refractivity contribution in [1.82, 2.24) is 0 Å². The van der Waals surface area contributed by atoms with E-state index in [9.17, 15) is 28.9 Å². The standard InChI is InChI=1S/C7H9O7P2.Sn/c8-7(15(9,10)11)16(12,13)14-6-4-2-1-3-5-6;/h1-5,8H,(H,12,13)(H2,9,10,11);/q;+3/p-3. The molecule has 0 saturated carbocycles. The summed E-state index contributed by atoms with van der Waals surface area (Å²) in [4.78, 5) is 32.8. The van der Waals surface area contributed by atoms with Crippen molar-refractivity contribution in [2.45, 2.75) is 3.10 Å². The SMILES string of the molecule is O=P([O-])([O-])[C](O)([Sn+3])P(=O)([O-])Oc1ccccc1. The van der Waals surface area contributed by atoms with Crippen LogP contribution in [0.1, 0.15) is 0 Å². The van der Waals surface area contributed by atoms with E-state index in [1.807, 2.05) is 0 Å². The van der Waals surface area contributed by atoms with Crippen LogP contribution in [-0.4, -0.2) is 30.7 Å². The van der Waals surface area contributed by atoms with Gasteiger partial charge in [0.05, 0.1) is 0 Å². The predicted molar refractivity (Wildman–Crippen MR) is 53.0 cm³/mol. The maximum atomic E-state index is 11.5. The van der Waals surface area contributed by atoms with Gasteiger partial charge >= 0.3 is 110 Å². The third-order valence-electron chi connectivity index (χ3n) is 1.73. The summed E-state index contributed by atoms with van der Waals surface area (Å²) < 4.78 is 23.1. The minimum absolute atomic E-state index is 0.180. The number of aliphatic hydroxyl groups is 1. The van der Waals surface area contributed by atoms with Gasteiger partial charge < -0.3 is 0 Å². The van der Waals surface area contributed by atoms with E-state index in [1.54, 1.807) is 6.07 Å². The molecule has 0 aliphatic heterocycles. The molecule has 1 aromatic rings. The second-order valence-corrected chi connectivity index (χ2v) is 11.3. The molecule has 0 radical (unpaired) electrons. The van der Waals surface area contributed by atoms with Gasteiger partial charge in [-0.05, 0) is 0 Å². The van der Waals surface area contributed by atoms with Crippen LogP contribution in [0.3, 0.4) is 0 Å². The molecule has 0 amide bonds. The summed E-state index contributed by atoms with van der Waals surface area (Å²) >= 11 is -0.394. The molecule has 1 aromatic carbocycles. The van der Waals surface area contributed by atoms with Gasteiger partial charge in [0.1, 0.15) is 0 Å². The Balaban J connectivity index is 3.05. The van der Waals surface area contributed by atoms with Crippen molar-refractivity contribution >= 4 is 37.7 Å². The van der Waals surface area contributed by atoms with Crippen molar-refractivity contribution < 1.29 is 33.4 Å². The fraction of sp³-hybridized carbons (Fsp3) is 0.143. The molecule has 17 heavy (non-hydrogen) atoms. The summed E-state index contributed by atoms with van der Waals surface area (Å²) in [5, 5.41) is 9.29. The van der Waals surface area contributed by atoms with Crippen molar-refractivity contribution in [2.75, 3.05) is 0 Å². The van der Waals surface area contributed by atoms with Crippen molar-refractivity contribution in [3.63, 3.8) is 0 Å². The van der Waals surface area contributed by atoms with Crippen LogP contribution in [0.2, 0.25) is 0 Å². The summed E-state index contributed by atoms with van der Waals surface area (Å²) in [7, 11) is -11.0. The van der Waals surface area contributed by atoms with E-state index in [4.69, 9.17) is 0 Å². The summed E-state index contributed by atoms with van der Waals surface area (Å²) in [5.41, 5.74) is 0. The molecule has 2 atom stereocenters. The molecular formula is C7H6O7P2Sn. The number of rotatable bonds is 4. The summed E-state index contributed by atoms with van der Waals surface area (Å²) in [5.74, 6) is -0.180. The molecular weight excluding hydrogens is 377 g/mol. The zero-order chi connectivity index (χ0) is 13.3. The maximum absolute atomic E-state index is 11.5. The Morgan fingerprint density at radius 2 is 1.65 bits per heavy atom. The fourth-order valence-corrected chi connectivity index (χ4v) is 3.07. The molecule has 0 fully saturated rings. The van der Waals surface area contributed by atoms with E-state index >= 15 is 0 Å². The molecule has 2 unspecified atom stereocenters. The molecule has 0 saturated heterocycles. The molecule has 0 spiro atoms. The monoisotopic (exact) mass is 384 g/mol. The number of hydrogen-bond acceptors (Lipinski definition) is 7. The van der Waals surface area contributed by atoms with Gasteiger partial charge in [-0.2, -0.15) is 0 Å². The Morgan fingerprint density at radius 1 is 1.18 bits per heavy atom. The van der Waals surface area contributed by atoms with E-state index in [0.29, 0.717) is 0 Å². The third kappa shape index (κ3) is 3.32. The van der Waals surface area contributed by atoms with Crippen molar-refractivity contribution in [3.8, 4) is 5.75 Å². The minimum atomic E-state index is -5.73. The first kappa shape index (κ1) is 15.2. The molecule has 0 bridgehead atoms. The third-order valence-corrected chi connectivity index (χ3v) is 9.87. The molecule has 0 aliphatic carbocycles. The molecule has 10 heteroatoms. The number of para-hydroxylation sites is 1. The van der Waals surface area contributed by atoms with Gasteiger partial charge in [0, 0.05) is 0 Å². The van der Waals surface area contributed by atoms with E-state index in [2.05, 4.69) is 4.52 Å². The Morgan fingerprint density at radius 3 is 2.06 bits per heavy atom. The second-order valence-electron chi connectivity index (χ2n) is 3.03. The van der Waals surface area contributed by atoms with Crippen LogP contribution in [0, 0.1) is 0 Å². The van der Waals surface area contributed by atoms with Gasteiger partial charge in [0.25, 0.3) is 0 Å². The Bertz CT molecular complexity index is 482. The first-order chi connectivity index (χ1) is 7.58. The van der Waals surface area contributed by atoms with Crippen LogP contribution in [0.5, 0.6) is 5.75 Å². The van der Waals surface area contributed by atoms with E-state index < -0.39 is 40.8 Å². The van der Waals surface area contributed by atoms with E-state index in [1.165, 1.54) is 24.3 Å². The summed E-state index contributed by atoms with van der Waals surface area (Å²) in [6, 6.07) is 6.98. The average Bonchev–Trinajstić information content (AvgIpc) is 2.16. The molecule has 0 aliphatic rings. The Kier molecular flexibility index (Phi) is 4.47. The average molecular weight is 383 g/mol. The second kappa shape index (κ2) is 5.01. The van der Waals surface area contributed by atoms with Gasteiger partial charge in [-0.3, -0.25) is 0 Å². The number of hydrogen-bond donors (Lipinski definition) is 1. The molecule has 1 rings (SSSR count). The molecule has 1 N–H and O–H groups in total. The Hall–Kier alpha value is 0.119. The normalized spacial score (nSPS) is 19.2. The van der Waals surface area contributed by atoms with E-state index in [0.717, 1.165) is 0 Å². The van der Waals surface area contributed by atoms with Crippen LogP contribution in [0.25, 0.3) is 0 Å². The van der Waals surface area contributed by atoms with Crippen LogP contribution in [-0.2, 0) is 9.13 Å². The quantitative estimate of drug-likeness (QED) is 0.485. The van der Waals surface area contributed by atoms with Gasteiger partial charge in [-0.15, -0.1) is 0 Å². The van der Waals surface area contributed by atoms with Gasteiger partial charge in [-0.1, -0.05) is 0 Å². The summed E-state index contributed by atoms with van der Waals surface area (Å²) in [6.45, 7) is 0. The van der Waals surface area contributed by atoms with Crippen molar-refractivity contribution in [2.24, 2.45) is 0 Å². The first-order valence-electron chi connectivity index (χ1n) is 4.13. The zero-order valence-electron chi connectivity index (χ0n) is 8.18. The van der Waals surface area contributed by atoms with Gasteiger partial charge in [0.15, 0.2) is 0 Å². The van der Waals surface area contributed by atoms with Gasteiger partial charge in [0.2, 0.25) is 0 Å². The van der Waals surface area contributed by atoms with Crippen LogP contribution < -0.4 is 19.2 Å². The molecule has 7 nitrogen and oxygen atoms in total. The summed E-state index contributed by atoms with van der Waals surface area (Å²) in [6.07, 6.45) is 0. The molecule has 0 heterocycles. The fourth-order valence-electron chi connectivity index (χ4n) is 0.834. The Labute approximate surface area is 110 Å². The van der Waals surface area contributed by atoms with Crippen molar-refractivity contribution in [1.29, 1.82) is 0 Å². The zero-order valence-corrected chi connectivity index (χ0v) is 12.8. The molecule has 90 valence electrons. The van der Waals surface area contributed by atoms with Crippen LogP contribution in [0.15, 0.2) is 30.3 Å².